The van der Waals surface area contributed by atoms with Crippen molar-refractivity contribution >= 4 is 34.8 Å². The Morgan fingerprint density at radius 1 is 0.853 bits per heavy atom. The number of anilines is 3. The average molecular weight is 462 g/mol. The van der Waals surface area contributed by atoms with Crippen LogP contribution in [0.15, 0.2) is 54.6 Å². The molecule has 0 radical (unpaired) electrons. The minimum Gasteiger partial charge on any atom is -0.481 e. The van der Waals surface area contributed by atoms with Crippen LogP contribution >= 0.6 is 0 Å². The summed E-state index contributed by atoms with van der Waals surface area (Å²) in [7, 11) is 0. The zero-order valence-corrected chi connectivity index (χ0v) is 19.4. The quantitative estimate of drug-likeness (QED) is 0.535. The van der Waals surface area contributed by atoms with Crippen molar-refractivity contribution < 1.29 is 19.5 Å². The van der Waals surface area contributed by atoms with Crippen LogP contribution in [0, 0.1) is 18.8 Å². The van der Waals surface area contributed by atoms with Crippen LogP contribution in [0.25, 0.3) is 0 Å². The predicted octanol–water partition coefficient (Wildman–Crippen LogP) is 4.84. The van der Waals surface area contributed by atoms with E-state index in [4.69, 9.17) is 0 Å². The maximum atomic E-state index is 13.3. The van der Waals surface area contributed by atoms with Crippen LogP contribution in [0.5, 0.6) is 0 Å². The van der Waals surface area contributed by atoms with Crippen molar-refractivity contribution in [3.63, 3.8) is 0 Å². The van der Waals surface area contributed by atoms with E-state index in [1.54, 1.807) is 12.1 Å². The molecule has 0 bridgehead atoms. The van der Waals surface area contributed by atoms with Crippen LogP contribution in [0.4, 0.5) is 17.1 Å². The summed E-state index contributed by atoms with van der Waals surface area (Å²) < 4.78 is 0. The fraction of sp³-hybridized carbons (Fsp3) is 0.370. The van der Waals surface area contributed by atoms with Gasteiger partial charge in [-0.1, -0.05) is 29.8 Å². The second-order valence-corrected chi connectivity index (χ2v) is 9.08. The summed E-state index contributed by atoms with van der Waals surface area (Å²) in [6.45, 7) is 3.75. The number of allylic oxidation sites excluding steroid dienone is 2. The van der Waals surface area contributed by atoms with Gasteiger partial charge >= 0.3 is 5.97 Å². The number of aryl methyl sites for hydroxylation is 1. The molecule has 2 aliphatic rings. The van der Waals surface area contributed by atoms with E-state index in [1.807, 2.05) is 49.4 Å². The number of amides is 2. The van der Waals surface area contributed by atoms with E-state index >= 15 is 0 Å². The highest BCUT2D eigenvalue weighted by atomic mass is 16.4. The number of hydrogen-bond donors (Lipinski definition) is 3. The molecular weight excluding hydrogens is 430 g/mol. The van der Waals surface area contributed by atoms with Gasteiger partial charge in [0.15, 0.2) is 0 Å². The number of carbonyl (C=O) groups excluding carboxylic acids is 2. The lowest BCUT2D eigenvalue weighted by Gasteiger charge is -2.31. The summed E-state index contributed by atoms with van der Waals surface area (Å²) in [6.07, 6.45) is 7.71. The molecule has 7 heteroatoms. The zero-order valence-electron chi connectivity index (χ0n) is 19.4. The first kappa shape index (κ1) is 23.5. The van der Waals surface area contributed by atoms with Crippen LogP contribution in [0.3, 0.4) is 0 Å². The fourth-order valence-corrected chi connectivity index (χ4v) is 4.65. The van der Waals surface area contributed by atoms with Gasteiger partial charge in [0.05, 0.1) is 17.4 Å². The third-order valence-electron chi connectivity index (χ3n) is 6.60. The van der Waals surface area contributed by atoms with Gasteiger partial charge in [0.1, 0.15) is 0 Å². The molecule has 1 aliphatic heterocycles. The maximum absolute atomic E-state index is 13.3. The van der Waals surface area contributed by atoms with Gasteiger partial charge in [-0.05, 0) is 69.4 Å². The number of rotatable bonds is 6. The normalized spacial score (nSPS) is 20.0. The molecule has 0 saturated carbocycles. The predicted molar refractivity (Wildman–Crippen MR) is 133 cm³/mol. The number of nitrogens with zero attached hydrogens (tertiary/aromatic N) is 1. The molecule has 2 amide bonds. The lowest BCUT2D eigenvalue weighted by atomic mass is 9.82. The van der Waals surface area contributed by atoms with Crippen molar-refractivity contribution in [1.29, 1.82) is 0 Å². The second kappa shape index (κ2) is 10.5. The van der Waals surface area contributed by atoms with Crippen molar-refractivity contribution in [2.45, 2.75) is 39.0 Å². The fourth-order valence-electron chi connectivity index (χ4n) is 4.65. The topological polar surface area (TPSA) is 98.7 Å². The molecule has 7 nitrogen and oxygen atoms in total. The van der Waals surface area contributed by atoms with E-state index in [1.165, 1.54) is 6.42 Å². The number of piperidine rings is 1. The Balaban J connectivity index is 1.59. The minimum absolute atomic E-state index is 0.246. The lowest BCUT2D eigenvalue weighted by Crippen LogP contribution is -2.35. The highest BCUT2D eigenvalue weighted by Crippen LogP contribution is 2.30. The highest BCUT2D eigenvalue weighted by molar-refractivity contribution is 6.09. The summed E-state index contributed by atoms with van der Waals surface area (Å²) in [6, 6.07) is 13.0. The molecular formula is C27H31N3O4. The summed E-state index contributed by atoms with van der Waals surface area (Å²) in [5.74, 6) is -2.95. The Kier molecular flexibility index (Phi) is 7.30. The van der Waals surface area contributed by atoms with Gasteiger partial charge < -0.3 is 20.6 Å². The Bertz CT molecular complexity index is 1090. The lowest BCUT2D eigenvalue weighted by molar-refractivity contribution is -0.146. The Hall–Kier alpha value is -3.61. The molecule has 34 heavy (non-hydrogen) atoms. The van der Waals surface area contributed by atoms with Crippen LogP contribution in [-0.4, -0.2) is 36.0 Å². The molecule has 2 aromatic carbocycles. The molecule has 2 atom stereocenters. The van der Waals surface area contributed by atoms with Gasteiger partial charge in [-0.2, -0.15) is 0 Å². The Morgan fingerprint density at radius 3 is 2.18 bits per heavy atom. The van der Waals surface area contributed by atoms with Crippen molar-refractivity contribution in [2.75, 3.05) is 28.6 Å². The number of carbonyl (C=O) groups is 3. The molecule has 0 aromatic heterocycles. The third kappa shape index (κ3) is 5.47. The molecule has 1 heterocycles. The third-order valence-corrected chi connectivity index (χ3v) is 6.60. The molecule has 178 valence electrons. The van der Waals surface area contributed by atoms with E-state index in [0.29, 0.717) is 29.8 Å². The monoisotopic (exact) mass is 461 g/mol. The highest BCUT2D eigenvalue weighted by Gasteiger charge is 2.34. The molecule has 1 saturated heterocycles. The Labute approximate surface area is 199 Å². The van der Waals surface area contributed by atoms with E-state index in [0.717, 1.165) is 37.2 Å². The van der Waals surface area contributed by atoms with Gasteiger partial charge in [0.2, 0.25) is 5.91 Å². The molecule has 0 spiro atoms. The molecule has 1 fully saturated rings. The number of aliphatic carboxylic acids is 1. The van der Waals surface area contributed by atoms with Gasteiger partial charge in [0.25, 0.3) is 5.91 Å². The number of hydrogen-bond acceptors (Lipinski definition) is 4. The summed E-state index contributed by atoms with van der Waals surface area (Å²) in [5, 5.41) is 15.3. The van der Waals surface area contributed by atoms with Crippen LogP contribution in [0.2, 0.25) is 0 Å². The van der Waals surface area contributed by atoms with E-state index in [9.17, 15) is 19.5 Å². The molecule has 3 N–H and O–H groups in total. The number of nitrogens with one attached hydrogen (secondary N) is 2. The SMILES string of the molecule is Cc1ccc(NC(=O)c2cc(NC(=O)C3CC=CCC3C(=O)O)ccc2N2CCCCC2)cc1. The number of benzene rings is 2. The number of carboxylic acid groups (broad SMARTS) is 1. The van der Waals surface area contributed by atoms with Crippen molar-refractivity contribution in [3.05, 3.63) is 65.7 Å². The van der Waals surface area contributed by atoms with E-state index < -0.39 is 17.8 Å². The van der Waals surface area contributed by atoms with Gasteiger partial charge in [-0.15, -0.1) is 0 Å². The summed E-state index contributed by atoms with van der Waals surface area (Å²) >= 11 is 0. The van der Waals surface area contributed by atoms with E-state index in [2.05, 4.69) is 15.5 Å². The van der Waals surface area contributed by atoms with Crippen molar-refractivity contribution in [3.8, 4) is 0 Å². The van der Waals surface area contributed by atoms with Gasteiger partial charge in [-0.25, -0.2) is 0 Å². The molecule has 2 unspecified atom stereocenters. The van der Waals surface area contributed by atoms with E-state index in [-0.39, 0.29) is 11.8 Å². The Morgan fingerprint density at radius 2 is 1.50 bits per heavy atom. The second-order valence-electron chi connectivity index (χ2n) is 9.08. The molecule has 1 aliphatic carbocycles. The average Bonchev–Trinajstić information content (AvgIpc) is 2.86. The number of carboxylic acids is 1. The van der Waals surface area contributed by atoms with Crippen LogP contribution in [-0.2, 0) is 9.59 Å². The van der Waals surface area contributed by atoms with Crippen LogP contribution in [0.1, 0.15) is 48.0 Å². The first-order valence-corrected chi connectivity index (χ1v) is 11.9. The summed E-state index contributed by atoms with van der Waals surface area (Å²) in [5.41, 5.74) is 3.62. The molecule has 4 rings (SSSR count). The molecule has 2 aromatic rings. The minimum atomic E-state index is -0.969. The van der Waals surface area contributed by atoms with Crippen molar-refractivity contribution in [1.82, 2.24) is 0 Å². The maximum Gasteiger partial charge on any atom is 0.307 e. The first-order chi connectivity index (χ1) is 16.4. The van der Waals surface area contributed by atoms with Gasteiger partial charge in [0, 0.05) is 30.2 Å². The standard InChI is InChI=1S/C27H31N3O4/c1-18-9-11-19(12-10-18)28-26(32)23-17-20(13-14-24(23)30-15-5-2-6-16-30)29-25(31)21-7-3-4-8-22(21)27(33)34/h3-4,9-14,17,21-22H,2,5-8,15-16H2,1H3,(H,28,32)(H,29,31)(H,33,34). The summed E-state index contributed by atoms with van der Waals surface area (Å²) in [4.78, 5) is 40.1. The van der Waals surface area contributed by atoms with Crippen LogP contribution < -0.4 is 15.5 Å². The van der Waals surface area contributed by atoms with Crippen molar-refractivity contribution in [2.24, 2.45) is 11.8 Å². The largest absolute Gasteiger partial charge is 0.481 e. The first-order valence-electron chi connectivity index (χ1n) is 11.9. The smallest absolute Gasteiger partial charge is 0.307 e. The van der Waals surface area contributed by atoms with Gasteiger partial charge in [-0.3, -0.25) is 14.4 Å². The zero-order chi connectivity index (χ0) is 24.1.